The first kappa shape index (κ1) is 17.9. The fourth-order valence-electron chi connectivity index (χ4n) is 3.29. The van der Waals surface area contributed by atoms with Gasteiger partial charge in [-0.3, -0.25) is 4.79 Å². The van der Waals surface area contributed by atoms with Crippen molar-refractivity contribution in [1.29, 1.82) is 0 Å². The minimum atomic E-state index is 0.0567. The molecular formula is C27H22O. The summed E-state index contributed by atoms with van der Waals surface area (Å²) in [4.78, 5) is 12.6. The zero-order valence-electron chi connectivity index (χ0n) is 16.1. The van der Waals surface area contributed by atoms with Crippen LogP contribution in [0.1, 0.15) is 27.0 Å². The summed E-state index contributed by atoms with van der Waals surface area (Å²) in [5.74, 6) is 0.0567. The zero-order chi connectivity index (χ0) is 19.5. The SMILES string of the molecule is Cc1ccc(C(=O)c2ccc(-c3ccc(-c4ccc(C)cc4)cc3)cc2)cc1. The van der Waals surface area contributed by atoms with Gasteiger partial charge in [-0.25, -0.2) is 0 Å². The molecule has 0 amide bonds. The maximum Gasteiger partial charge on any atom is 0.193 e. The molecule has 0 fully saturated rings. The van der Waals surface area contributed by atoms with Crippen molar-refractivity contribution in [1.82, 2.24) is 0 Å². The first-order chi connectivity index (χ1) is 13.6. The Morgan fingerprint density at radius 1 is 0.429 bits per heavy atom. The summed E-state index contributed by atoms with van der Waals surface area (Å²) in [5, 5.41) is 0. The number of carbonyl (C=O) groups is 1. The molecule has 0 aliphatic rings. The smallest absolute Gasteiger partial charge is 0.193 e. The lowest BCUT2D eigenvalue weighted by Crippen LogP contribution is -2.00. The second kappa shape index (κ2) is 7.66. The molecule has 4 aromatic rings. The van der Waals surface area contributed by atoms with E-state index in [1.807, 2.05) is 55.5 Å². The Hall–Kier alpha value is -3.45. The fourth-order valence-corrected chi connectivity index (χ4v) is 3.29. The minimum Gasteiger partial charge on any atom is -0.289 e. The summed E-state index contributed by atoms with van der Waals surface area (Å²) in [6.45, 7) is 4.12. The van der Waals surface area contributed by atoms with Gasteiger partial charge >= 0.3 is 0 Å². The van der Waals surface area contributed by atoms with Crippen LogP contribution in [0.15, 0.2) is 97.1 Å². The fraction of sp³-hybridized carbons (Fsp3) is 0.0741. The van der Waals surface area contributed by atoms with Gasteiger partial charge < -0.3 is 0 Å². The molecule has 0 aliphatic carbocycles. The minimum absolute atomic E-state index is 0.0567. The van der Waals surface area contributed by atoms with E-state index in [-0.39, 0.29) is 5.78 Å². The van der Waals surface area contributed by atoms with E-state index in [4.69, 9.17) is 0 Å². The summed E-state index contributed by atoms with van der Waals surface area (Å²) in [6, 6.07) is 32.7. The van der Waals surface area contributed by atoms with Crippen molar-refractivity contribution in [3.8, 4) is 22.3 Å². The van der Waals surface area contributed by atoms with Crippen LogP contribution in [0.5, 0.6) is 0 Å². The van der Waals surface area contributed by atoms with E-state index in [9.17, 15) is 4.79 Å². The molecule has 4 aromatic carbocycles. The van der Waals surface area contributed by atoms with Crippen LogP contribution in [0.3, 0.4) is 0 Å². The molecule has 0 saturated heterocycles. The summed E-state index contributed by atoms with van der Waals surface area (Å²) < 4.78 is 0. The molecule has 0 radical (unpaired) electrons. The average Bonchev–Trinajstić information content (AvgIpc) is 2.75. The third-order valence-corrected chi connectivity index (χ3v) is 5.06. The maximum atomic E-state index is 12.6. The average molecular weight is 362 g/mol. The molecule has 0 bridgehead atoms. The van der Waals surface area contributed by atoms with Crippen LogP contribution >= 0.6 is 0 Å². The Morgan fingerprint density at radius 2 is 0.679 bits per heavy atom. The first-order valence-corrected chi connectivity index (χ1v) is 9.49. The first-order valence-electron chi connectivity index (χ1n) is 9.49. The molecule has 0 unspecified atom stereocenters. The summed E-state index contributed by atoms with van der Waals surface area (Å²) in [5.41, 5.74) is 8.53. The third-order valence-electron chi connectivity index (χ3n) is 5.06. The summed E-state index contributed by atoms with van der Waals surface area (Å²) in [6.07, 6.45) is 0. The molecular weight excluding hydrogens is 340 g/mol. The van der Waals surface area contributed by atoms with Crippen LogP contribution in [0.25, 0.3) is 22.3 Å². The Balaban J connectivity index is 1.54. The molecule has 0 atom stereocenters. The molecule has 0 saturated carbocycles. The van der Waals surface area contributed by atoms with E-state index in [2.05, 4.69) is 55.5 Å². The van der Waals surface area contributed by atoms with Crippen LogP contribution in [-0.4, -0.2) is 5.78 Å². The molecule has 0 N–H and O–H groups in total. The van der Waals surface area contributed by atoms with Crippen molar-refractivity contribution >= 4 is 5.78 Å². The van der Waals surface area contributed by atoms with Crippen LogP contribution in [0.2, 0.25) is 0 Å². The van der Waals surface area contributed by atoms with Gasteiger partial charge in [0.15, 0.2) is 5.78 Å². The van der Waals surface area contributed by atoms with Crippen molar-refractivity contribution in [2.24, 2.45) is 0 Å². The van der Waals surface area contributed by atoms with Gasteiger partial charge in [0.05, 0.1) is 0 Å². The lowest BCUT2D eigenvalue weighted by molar-refractivity contribution is 0.103. The van der Waals surface area contributed by atoms with Gasteiger partial charge in [-0.15, -0.1) is 0 Å². The van der Waals surface area contributed by atoms with Crippen LogP contribution < -0.4 is 0 Å². The molecule has 0 aliphatic heterocycles. The number of benzene rings is 4. The highest BCUT2D eigenvalue weighted by molar-refractivity contribution is 6.09. The van der Waals surface area contributed by atoms with Gasteiger partial charge in [0, 0.05) is 11.1 Å². The monoisotopic (exact) mass is 362 g/mol. The lowest BCUT2D eigenvalue weighted by Gasteiger charge is -2.07. The van der Waals surface area contributed by atoms with E-state index in [1.54, 1.807) is 0 Å². The lowest BCUT2D eigenvalue weighted by atomic mass is 9.97. The van der Waals surface area contributed by atoms with Gasteiger partial charge in [-0.05, 0) is 36.1 Å². The van der Waals surface area contributed by atoms with Gasteiger partial charge in [0.25, 0.3) is 0 Å². The van der Waals surface area contributed by atoms with E-state index in [0.717, 1.165) is 22.3 Å². The predicted molar refractivity (Wildman–Crippen MR) is 117 cm³/mol. The van der Waals surface area contributed by atoms with Gasteiger partial charge in [-0.2, -0.15) is 0 Å². The van der Waals surface area contributed by atoms with E-state index < -0.39 is 0 Å². The quantitative estimate of drug-likeness (QED) is 0.362. The van der Waals surface area contributed by atoms with Crippen molar-refractivity contribution < 1.29 is 4.79 Å². The number of hydrogen-bond donors (Lipinski definition) is 0. The topological polar surface area (TPSA) is 17.1 Å². The molecule has 1 nitrogen and oxygen atoms in total. The van der Waals surface area contributed by atoms with E-state index in [0.29, 0.717) is 5.56 Å². The van der Waals surface area contributed by atoms with Crippen LogP contribution in [0, 0.1) is 13.8 Å². The van der Waals surface area contributed by atoms with Crippen molar-refractivity contribution in [2.45, 2.75) is 13.8 Å². The van der Waals surface area contributed by atoms with Crippen LogP contribution in [-0.2, 0) is 0 Å². The number of aryl methyl sites for hydroxylation is 2. The molecule has 0 heterocycles. The summed E-state index contributed by atoms with van der Waals surface area (Å²) in [7, 11) is 0. The molecule has 0 aromatic heterocycles. The zero-order valence-corrected chi connectivity index (χ0v) is 16.1. The van der Waals surface area contributed by atoms with E-state index >= 15 is 0 Å². The number of hydrogen-bond acceptors (Lipinski definition) is 1. The molecule has 0 spiro atoms. The predicted octanol–water partition coefficient (Wildman–Crippen LogP) is 6.87. The highest BCUT2D eigenvalue weighted by Crippen LogP contribution is 2.26. The molecule has 28 heavy (non-hydrogen) atoms. The molecule has 136 valence electrons. The highest BCUT2D eigenvalue weighted by atomic mass is 16.1. The number of ketones is 1. The van der Waals surface area contributed by atoms with Gasteiger partial charge in [0.2, 0.25) is 0 Å². The Labute approximate surface area is 166 Å². The van der Waals surface area contributed by atoms with Crippen molar-refractivity contribution in [3.63, 3.8) is 0 Å². The van der Waals surface area contributed by atoms with Crippen molar-refractivity contribution in [2.75, 3.05) is 0 Å². The maximum absolute atomic E-state index is 12.6. The van der Waals surface area contributed by atoms with Crippen molar-refractivity contribution in [3.05, 3.63) is 119 Å². The number of carbonyl (C=O) groups excluding carboxylic acids is 1. The van der Waals surface area contributed by atoms with Crippen LogP contribution in [0.4, 0.5) is 0 Å². The highest BCUT2D eigenvalue weighted by Gasteiger charge is 2.09. The molecule has 1 heteroatoms. The standard InChI is InChI=1S/C27H22O/c1-19-3-7-21(8-4-19)22-11-13-23(14-12-22)24-15-17-26(18-16-24)27(28)25-9-5-20(2)6-10-25/h3-18H,1-2H3. The Bertz CT molecular complexity index is 1090. The second-order valence-corrected chi connectivity index (χ2v) is 7.22. The van der Waals surface area contributed by atoms with Gasteiger partial charge in [0.1, 0.15) is 0 Å². The second-order valence-electron chi connectivity index (χ2n) is 7.22. The normalized spacial score (nSPS) is 10.6. The number of rotatable bonds is 4. The Morgan fingerprint density at radius 3 is 1.07 bits per heavy atom. The largest absolute Gasteiger partial charge is 0.289 e. The Kier molecular flexibility index (Phi) is 4.90. The molecule has 4 rings (SSSR count). The summed E-state index contributed by atoms with van der Waals surface area (Å²) >= 11 is 0. The third kappa shape index (κ3) is 3.79. The van der Waals surface area contributed by atoms with Gasteiger partial charge in [-0.1, -0.05) is 108 Å². The van der Waals surface area contributed by atoms with E-state index in [1.165, 1.54) is 16.7 Å².